The molecule has 1 amide bonds. The van der Waals surface area contributed by atoms with Crippen molar-refractivity contribution < 1.29 is 13.9 Å². The monoisotopic (exact) mass is 572 g/mol. The van der Waals surface area contributed by atoms with Gasteiger partial charge in [0.25, 0.3) is 0 Å². The second-order valence-corrected chi connectivity index (χ2v) is 11.5. The molecule has 1 aliphatic heterocycles. The Morgan fingerprint density at radius 2 is 1.62 bits per heavy atom. The van der Waals surface area contributed by atoms with Crippen LogP contribution in [-0.4, -0.2) is 57.0 Å². The number of carbonyl (C=O) groups excluding carboxylic acids is 1. The van der Waals surface area contributed by atoms with Crippen LogP contribution in [0.2, 0.25) is 0 Å². The molecule has 2 heterocycles. The standard InChI is InChI=1S/C34H41FN4O3/c1-25(2)42-30-15-11-26(12-16-30)23-33(40)39(24-27-9-13-28(35)14-10-27)29-17-21-37(22-18-29)19-5-6-20-38-32-8-4-3-7-31(32)36-34(38)41/h3-4,7-16,25,29H,5-6,17-24H2,1-2H3,(H,36,41). The molecule has 1 aliphatic rings. The van der Waals surface area contributed by atoms with E-state index >= 15 is 0 Å². The number of likely N-dealkylation sites (tertiary alicyclic amines) is 1. The number of hydrogen-bond donors (Lipinski definition) is 1. The summed E-state index contributed by atoms with van der Waals surface area (Å²) in [4.78, 5) is 33.4. The summed E-state index contributed by atoms with van der Waals surface area (Å²) in [5.74, 6) is 0.605. The maximum absolute atomic E-state index is 13.6. The number of aryl methyl sites for hydroxylation is 1. The van der Waals surface area contributed by atoms with Crippen molar-refractivity contribution in [2.75, 3.05) is 19.6 Å². The minimum absolute atomic E-state index is 0.0530. The normalized spacial score (nSPS) is 14.5. The number of imidazole rings is 1. The largest absolute Gasteiger partial charge is 0.491 e. The summed E-state index contributed by atoms with van der Waals surface area (Å²) < 4.78 is 21.1. The highest BCUT2D eigenvalue weighted by Crippen LogP contribution is 2.22. The Morgan fingerprint density at radius 3 is 2.33 bits per heavy atom. The Balaban J connectivity index is 1.16. The molecule has 42 heavy (non-hydrogen) atoms. The highest BCUT2D eigenvalue weighted by Gasteiger charge is 2.28. The second-order valence-electron chi connectivity index (χ2n) is 11.5. The number of H-pyrrole nitrogens is 1. The molecule has 3 aromatic carbocycles. The number of unbranched alkanes of at least 4 members (excludes halogenated alkanes) is 1. The summed E-state index contributed by atoms with van der Waals surface area (Å²) in [6.45, 7) is 7.97. The summed E-state index contributed by atoms with van der Waals surface area (Å²) in [6, 6.07) is 22.1. The Kier molecular flexibility index (Phi) is 9.74. The van der Waals surface area contributed by atoms with Crippen molar-refractivity contribution in [2.24, 2.45) is 0 Å². The SMILES string of the molecule is CC(C)Oc1ccc(CC(=O)N(Cc2ccc(F)cc2)C2CCN(CCCCn3c(=O)[nH]c4ccccc43)CC2)cc1. The van der Waals surface area contributed by atoms with E-state index in [0.29, 0.717) is 19.5 Å². The lowest BCUT2D eigenvalue weighted by Crippen LogP contribution is -2.47. The van der Waals surface area contributed by atoms with Gasteiger partial charge in [-0.05, 0) is 93.6 Å². The van der Waals surface area contributed by atoms with Gasteiger partial charge in [0.15, 0.2) is 0 Å². The van der Waals surface area contributed by atoms with Crippen molar-refractivity contribution in [2.45, 2.75) is 71.2 Å². The number of para-hydroxylation sites is 2. The minimum atomic E-state index is -0.275. The maximum atomic E-state index is 13.6. The van der Waals surface area contributed by atoms with E-state index in [4.69, 9.17) is 4.74 Å². The molecular formula is C34H41FN4O3. The van der Waals surface area contributed by atoms with E-state index in [9.17, 15) is 14.0 Å². The van der Waals surface area contributed by atoms with Gasteiger partial charge in [-0.25, -0.2) is 9.18 Å². The fourth-order valence-corrected chi connectivity index (χ4v) is 5.83. The van der Waals surface area contributed by atoms with Gasteiger partial charge in [0.1, 0.15) is 11.6 Å². The van der Waals surface area contributed by atoms with E-state index < -0.39 is 0 Å². The molecule has 1 saturated heterocycles. The molecule has 222 valence electrons. The Bertz CT molecular complexity index is 1500. The number of aromatic nitrogens is 2. The van der Waals surface area contributed by atoms with E-state index in [1.165, 1.54) is 12.1 Å². The van der Waals surface area contributed by atoms with Crippen molar-refractivity contribution in [3.63, 3.8) is 0 Å². The molecule has 0 bridgehead atoms. The summed E-state index contributed by atoms with van der Waals surface area (Å²) >= 11 is 0. The van der Waals surface area contributed by atoms with Gasteiger partial charge in [-0.2, -0.15) is 0 Å². The first-order valence-corrected chi connectivity index (χ1v) is 15.0. The molecule has 5 rings (SSSR count). The number of ether oxygens (including phenoxy) is 1. The van der Waals surface area contributed by atoms with Gasteiger partial charge in [0.2, 0.25) is 5.91 Å². The second kappa shape index (κ2) is 13.8. The minimum Gasteiger partial charge on any atom is -0.491 e. The van der Waals surface area contributed by atoms with E-state index in [1.807, 2.05) is 71.8 Å². The van der Waals surface area contributed by atoms with Gasteiger partial charge in [-0.3, -0.25) is 9.36 Å². The van der Waals surface area contributed by atoms with Crippen LogP contribution in [0.4, 0.5) is 4.39 Å². The van der Waals surface area contributed by atoms with Gasteiger partial charge in [-0.15, -0.1) is 0 Å². The van der Waals surface area contributed by atoms with Crippen molar-refractivity contribution in [3.05, 3.63) is 100 Å². The Hall–Kier alpha value is -3.91. The number of nitrogens with zero attached hydrogens (tertiary/aromatic N) is 3. The van der Waals surface area contributed by atoms with Crippen LogP contribution in [0, 0.1) is 5.82 Å². The van der Waals surface area contributed by atoms with Crippen LogP contribution < -0.4 is 10.4 Å². The number of nitrogens with one attached hydrogen (secondary N) is 1. The molecule has 1 N–H and O–H groups in total. The lowest BCUT2D eigenvalue weighted by Gasteiger charge is -2.39. The molecule has 7 nitrogen and oxygen atoms in total. The van der Waals surface area contributed by atoms with Crippen molar-refractivity contribution in [1.29, 1.82) is 0 Å². The van der Waals surface area contributed by atoms with Crippen LogP contribution in [0.1, 0.15) is 50.7 Å². The van der Waals surface area contributed by atoms with E-state index in [-0.39, 0.29) is 29.6 Å². The zero-order valence-electron chi connectivity index (χ0n) is 24.6. The lowest BCUT2D eigenvalue weighted by molar-refractivity contribution is -0.134. The third-order valence-electron chi connectivity index (χ3n) is 8.02. The molecule has 1 fully saturated rings. The smallest absolute Gasteiger partial charge is 0.326 e. The van der Waals surface area contributed by atoms with Gasteiger partial charge in [-0.1, -0.05) is 36.4 Å². The summed E-state index contributed by atoms with van der Waals surface area (Å²) in [5.41, 5.74) is 3.66. The van der Waals surface area contributed by atoms with Gasteiger partial charge in [0.05, 0.1) is 23.6 Å². The number of amides is 1. The first kappa shape index (κ1) is 29.6. The van der Waals surface area contributed by atoms with Crippen LogP contribution in [0.25, 0.3) is 11.0 Å². The molecule has 0 aliphatic carbocycles. The number of aromatic amines is 1. The molecule has 0 saturated carbocycles. The van der Waals surface area contributed by atoms with E-state index in [2.05, 4.69) is 9.88 Å². The van der Waals surface area contributed by atoms with Crippen LogP contribution >= 0.6 is 0 Å². The van der Waals surface area contributed by atoms with E-state index in [0.717, 1.165) is 73.2 Å². The fraction of sp³-hybridized carbons (Fsp3) is 0.412. The van der Waals surface area contributed by atoms with Gasteiger partial charge < -0.3 is 19.5 Å². The molecule has 8 heteroatoms. The average molecular weight is 573 g/mol. The topological polar surface area (TPSA) is 70.6 Å². The van der Waals surface area contributed by atoms with Crippen molar-refractivity contribution >= 4 is 16.9 Å². The van der Waals surface area contributed by atoms with Crippen LogP contribution in [0.15, 0.2) is 77.6 Å². The fourth-order valence-electron chi connectivity index (χ4n) is 5.83. The zero-order chi connectivity index (χ0) is 29.5. The third-order valence-corrected chi connectivity index (χ3v) is 8.02. The average Bonchev–Trinajstić information content (AvgIpc) is 3.30. The molecule has 0 spiro atoms. The Morgan fingerprint density at radius 1 is 0.952 bits per heavy atom. The first-order valence-electron chi connectivity index (χ1n) is 15.0. The molecular weight excluding hydrogens is 531 g/mol. The molecule has 1 aromatic heterocycles. The number of carbonyl (C=O) groups is 1. The van der Waals surface area contributed by atoms with Crippen LogP contribution in [-0.2, 0) is 24.3 Å². The first-order chi connectivity index (χ1) is 20.4. The number of halogens is 1. The molecule has 0 unspecified atom stereocenters. The van der Waals surface area contributed by atoms with Crippen LogP contribution in [0.5, 0.6) is 5.75 Å². The predicted molar refractivity (Wildman–Crippen MR) is 164 cm³/mol. The van der Waals surface area contributed by atoms with Crippen LogP contribution in [0.3, 0.4) is 0 Å². The summed E-state index contributed by atoms with van der Waals surface area (Å²) in [7, 11) is 0. The van der Waals surface area contributed by atoms with Gasteiger partial charge >= 0.3 is 5.69 Å². The zero-order valence-corrected chi connectivity index (χ0v) is 24.6. The Labute approximate surface area is 246 Å². The maximum Gasteiger partial charge on any atom is 0.326 e. The highest BCUT2D eigenvalue weighted by atomic mass is 19.1. The quantitative estimate of drug-likeness (QED) is 0.219. The molecule has 0 radical (unpaired) electrons. The lowest BCUT2D eigenvalue weighted by atomic mass is 10.00. The number of benzene rings is 3. The summed E-state index contributed by atoms with van der Waals surface area (Å²) in [5, 5.41) is 0. The van der Waals surface area contributed by atoms with E-state index in [1.54, 1.807) is 12.1 Å². The van der Waals surface area contributed by atoms with Crippen molar-refractivity contribution in [1.82, 2.24) is 19.4 Å². The summed E-state index contributed by atoms with van der Waals surface area (Å²) in [6.07, 6.45) is 4.14. The number of piperidine rings is 1. The molecule has 4 aromatic rings. The third kappa shape index (κ3) is 7.68. The predicted octanol–water partition coefficient (Wildman–Crippen LogP) is 5.77. The highest BCUT2D eigenvalue weighted by molar-refractivity contribution is 5.79. The number of fused-ring (bicyclic) bond motifs is 1. The van der Waals surface area contributed by atoms with Gasteiger partial charge in [0, 0.05) is 32.2 Å². The van der Waals surface area contributed by atoms with Crippen molar-refractivity contribution in [3.8, 4) is 5.75 Å². The molecule has 0 atom stereocenters. The number of rotatable bonds is 12. The number of hydrogen-bond acceptors (Lipinski definition) is 4.